The minimum absolute atomic E-state index is 0.208. The third-order valence-corrected chi connectivity index (χ3v) is 4.75. The number of ether oxygens (including phenoxy) is 2. The Labute approximate surface area is 182 Å². The van der Waals surface area contributed by atoms with Gasteiger partial charge in [0.25, 0.3) is 5.91 Å². The van der Waals surface area contributed by atoms with E-state index in [9.17, 15) is 4.79 Å². The van der Waals surface area contributed by atoms with E-state index >= 15 is 0 Å². The van der Waals surface area contributed by atoms with Crippen LogP contribution >= 0.6 is 12.2 Å². The minimum atomic E-state index is -0.295. The number of benzene rings is 3. The third kappa shape index (κ3) is 5.81. The maximum Gasteiger partial charge on any atom is 0.257 e. The first-order valence-corrected chi connectivity index (χ1v) is 10.1. The minimum Gasteiger partial charge on any atom is -0.497 e. The SMILES string of the molecule is CCc1ccc(OCc2ccccc2C(=O)NC(=S)Nc2cccc(OC)c2)cc1. The molecular formula is C24H24N2O3S. The van der Waals surface area contributed by atoms with Crippen LogP contribution in [-0.2, 0) is 13.0 Å². The highest BCUT2D eigenvalue weighted by molar-refractivity contribution is 7.80. The number of anilines is 1. The number of hydrogen-bond acceptors (Lipinski definition) is 4. The topological polar surface area (TPSA) is 59.6 Å². The molecule has 0 aliphatic carbocycles. The molecule has 0 spiro atoms. The predicted octanol–water partition coefficient (Wildman–Crippen LogP) is 4.96. The van der Waals surface area contributed by atoms with E-state index in [0.29, 0.717) is 11.3 Å². The van der Waals surface area contributed by atoms with Crippen molar-refractivity contribution in [2.75, 3.05) is 12.4 Å². The van der Waals surface area contributed by atoms with Gasteiger partial charge in [-0.2, -0.15) is 0 Å². The van der Waals surface area contributed by atoms with Gasteiger partial charge in [-0.1, -0.05) is 43.3 Å². The van der Waals surface area contributed by atoms with Crippen LogP contribution < -0.4 is 20.1 Å². The van der Waals surface area contributed by atoms with Gasteiger partial charge < -0.3 is 14.8 Å². The van der Waals surface area contributed by atoms with Crippen LogP contribution in [0.5, 0.6) is 11.5 Å². The highest BCUT2D eigenvalue weighted by Gasteiger charge is 2.13. The molecule has 0 radical (unpaired) electrons. The number of thiocarbonyl (C=S) groups is 1. The average molecular weight is 421 g/mol. The molecule has 0 fully saturated rings. The number of methoxy groups -OCH3 is 1. The standard InChI is InChI=1S/C24H24N2O3S/c1-3-17-11-13-20(14-12-17)29-16-18-7-4-5-10-22(18)23(27)26-24(30)25-19-8-6-9-21(15-19)28-2/h4-15H,3,16H2,1-2H3,(H2,25,26,27,30). The lowest BCUT2D eigenvalue weighted by molar-refractivity contribution is 0.0975. The quantitative estimate of drug-likeness (QED) is 0.529. The van der Waals surface area contributed by atoms with E-state index in [4.69, 9.17) is 21.7 Å². The van der Waals surface area contributed by atoms with Crippen LogP contribution in [0.1, 0.15) is 28.4 Å². The molecule has 6 heteroatoms. The highest BCUT2D eigenvalue weighted by Crippen LogP contribution is 2.18. The first-order valence-electron chi connectivity index (χ1n) is 9.65. The summed E-state index contributed by atoms with van der Waals surface area (Å²) in [6.45, 7) is 2.39. The summed E-state index contributed by atoms with van der Waals surface area (Å²) in [5, 5.41) is 5.92. The fourth-order valence-electron chi connectivity index (χ4n) is 2.88. The van der Waals surface area contributed by atoms with Crippen molar-refractivity contribution in [3.8, 4) is 11.5 Å². The fourth-order valence-corrected chi connectivity index (χ4v) is 3.09. The molecule has 1 amide bonds. The smallest absolute Gasteiger partial charge is 0.257 e. The maximum absolute atomic E-state index is 12.8. The van der Waals surface area contributed by atoms with E-state index in [1.54, 1.807) is 19.2 Å². The summed E-state index contributed by atoms with van der Waals surface area (Å²) in [5.74, 6) is 1.16. The van der Waals surface area contributed by atoms with Crippen LogP contribution in [0.15, 0.2) is 72.8 Å². The summed E-state index contributed by atoms with van der Waals surface area (Å²) < 4.78 is 11.1. The summed E-state index contributed by atoms with van der Waals surface area (Å²) in [5.41, 5.74) is 3.27. The van der Waals surface area contributed by atoms with Crippen molar-refractivity contribution >= 4 is 28.9 Å². The molecule has 30 heavy (non-hydrogen) atoms. The molecule has 0 bridgehead atoms. The molecule has 0 saturated carbocycles. The van der Waals surface area contributed by atoms with Gasteiger partial charge in [0.1, 0.15) is 18.1 Å². The molecule has 154 valence electrons. The van der Waals surface area contributed by atoms with Crippen molar-refractivity contribution in [3.05, 3.63) is 89.5 Å². The second kappa shape index (κ2) is 10.4. The Hall–Kier alpha value is -3.38. The Kier molecular flexibility index (Phi) is 7.40. The molecule has 0 atom stereocenters. The monoisotopic (exact) mass is 420 g/mol. The molecule has 3 aromatic carbocycles. The van der Waals surface area contributed by atoms with Crippen molar-refractivity contribution in [3.63, 3.8) is 0 Å². The summed E-state index contributed by atoms with van der Waals surface area (Å²) in [6.07, 6.45) is 0.979. The number of rotatable bonds is 7. The average Bonchev–Trinajstić information content (AvgIpc) is 2.78. The third-order valence-electron chi connectivity index (χ3n) is 4.54. The maximum atomic E-state index is 12.8. The lowest BCUT2D eigenvalue weighted by Crippen LogP contribution is -2.34. The normalized spacial score (nSPS) is 10.2. The summed E-state index contributed by atoms with van der Waals surface area (Å²) in [4.78, 5) is 12.8. The Morgan fingerprint density at radius 3 is 2.47 bits per heavy atom. The van der Waals surface area contributed by atoms with Gasteiger partial charge >= 0.3 is 0 Å². The Morgan fingerprint density at radius 2 is 1.73 bits per heavy atom. The van der Waals surface area contributed by atoms with E-state index in [2.05, 4.69) is 17.6 Å². The highest BCUT2D eigenvalue weighted by atomic mass is 32.1. The van der Waals surface area contributed by atoms with Crippen LogP contribution in [0.25, 0.3) is 0 Å². The molecule has 2 N–H and O–H groups in total. The Bertz CT molecular complexity index is 1020. The van der Waals surface area contributed by atoms with Crippen LogP contribution in [-0.4, -0.2) is 18.1 Å². The number of carbonyl (C=O) groups excluding carboxylic acids is 1. The van der Waals surface area contributed by atoms with Crippen molar-refractivity contribution in [2.45, 2.75) is 20.0 Å². The van der Waals surface area contributed by atoms with Gasteiger partial charge in [0, 0.05) is 22.9 Å². The van der Waals surface area contributed by atoms with Gasteiger partial charge in [-0.15, -0.1) is 0 Å². The van der Waals surface area contributed by atoms with Crippen molar-refractivity contribution in [2.24, 2.45) is 0 Å². The lowest BCUT2D eigenvalue weighted by atomic mass is 10.1. The van der Waals surface area contributed by atoms with Crippen molar-refractivity contribution in [1.29, 1.82) is 0 Å². The van der Waals surface area contributed by atoms with Crippen molar-refractivity contribution in [1.82, 2.24) is 5.32 Å². The zero-order chi connectivity index (χ0) is 21.3. The Balaban J connectivity index is 1.63. The molecule has 0 heterocycles. The van der Waals surface area contributed by atoms with Gasteiger partial charge in [-0.3, -0.25) is 10.1 Å². The summed E-state index contributed by atoms with van der Waals surface area (Å²) >= 11 is 5.28. The number of nitrogens with one attached hydrogen (secondary N) is 2. The summed E-state index contributed by atoms with van der Waals surface area (Å²) in [7, 11) is 1.59. The van der Waals surface area contributed by atoms with Gasteiger partial charge in [-0.25, -0.2) is 0 Å². The zero-order valence-corrected chi connectivity index (χ0v) is 17.8. The summed E-state index contributed by atoms with van der Waals surface area (Å²) in [6, 6.07) is 22.6. The molecule has 0 unspecified atom stereocenters. The molecule has 3 aromatic rings. The molecule has 0 aromatic heterocycles. The van der Waals surface area contributed by atoms with Gasteiger partial charge in [-0.05, 0) is 54.5 Å². The molecule has 3 rings (SSSR count). The van der Waals surface area contributed by atoms with Crippen molar-refractivity contribution < 1.29 is 14.3 Å². The fraction of sp³-hybridized carbons (Fsp3) is 0.167. The van der Waals surface area contributed by atoms with Crippen LogP contribution in [0.2, 0.25) is 0 Å². The van der Waals surface area contributed by atoms with Crippen LogP contribution in [0.3, 0.4) is 0 Å². The van der Waals surface area contributed by atoms with Gasteiger partial charge in [0.05, 0.1) is 7.11 Å². The molecule has 0 saturated heterocycles. The second-order valence-corrected chi connectivity index (χ2v) is 6.99. The molecular weight excluding hydrogens is 396 g/mol. The number of hydrogen-bond donors (Lipinski definition) is 2. The largest absolute Gasteiger partial charge is 0.497 e. The number of carbonyl (C=O) groups is 1. The molecule has 0 aliphatic rings. The first kappa shape index (κ1) is 21.3. The van der Waals surface area contributed by atoms with Gasteiger partial charge in [0.2, 0.25) is 0 Å². The first-order chi connectivity index (χ1) is 14.6. The predicted molar refractivity (Wildman–Crippen MR) is 123 cm³/mol. The van der Waals surface area contributed by atoms with E-state index in [1.165, 1.54) is 5.56 Å². The van der Waals surface area contributed by atoms with E-state index in [-0.39, 0.29) is 17.6 Å². The van der Waals surface area contributed by atoms with Gasteiger partial charge in [0.15, 0.2) is 5.11 Å². The zero-order valence-electron chi connectivity index (χ0n) is 17.0. The van der Waals surface area contributed by atoms with E-state index in [1.807, 2.05) is 60.7 Å². The Morgan fingerprint density at radius 1 is 0.967 bits per heavy atom. The van der Waals surface area contributed by atoms with E-state index in [0.717, 1.165) is 23.4 Å². The molecule has 5 nitrogen and oxygen atoms in total. The lowest BCUT2D eigenvalue weighted by Gasteiger charge is -2.13. The number of amides is 1. The molecule has 0 aliphatic heterocycles. The van der Waals surface area contributed by atoms with E-state index < -0.39 is 0 Å². The van der Waals surface area contributed by atoms with Crippen LogP contribution in [0.4, 0.5) is 5.69 Å². The van der Waals surface area contributed by atoms with Crippen LogP contribution in [0, 0.1) is 0 Å². The number of aryl methyl sites for hydroxylation is 1. The second-order valence-electron chi connectivity index (χ2n) is 6.58.